The van der Waals surface area contributed by atoms with Crippen molar-refractivity contribution >= 4 is 5.91 Å². The lowest BCUT2D eigenvalue weighted by atomic mass is 9.96. The molecule has 1 atom stereocenters. The van der Waals surface area contributed by atoms with Crippen LogP contribution in [0.2, 0.25) is 0 Å². The predicted octanol–water partition coefficient (Wildman–Crippen LogP) is 2.13. The van der Waals surface area contributed by atoms with Crippen molar-refractivity contribution in [3.63, 3.8) is 0 Å². The molecule has 0 aromatic heterocycles. The first-order chi connectivity index (χ1) is 10.6. The molecule has 0 heterocycles. The second-order valence-electron chi connectivity index (χ2n) is 5.66. The van der Waals surface area contributed by atoms with Crippen LogP contribution in [0.4, 0.5) is 0 Å². The van der Waals surface area contributed by atoms with E-state index in [1.807, 2.05) is 24.3 Å². The third kappa shape index (κ3) is 6.45. The van der Waals surface area contributed by atoms with Crippen molar-refractivity contribution < 1.29 is 14.3 Å². The van der Waals surface area contributed by atoms with E-state index >= 15 is 0 Å². The molecule has 1 unspecified atom stereocenters. The number of rotatable bonds is 10. The van der Waals surface area contributed by atoms with Crippen molar-refractivity contribution in [3.8, 4) is 5.75 Å². The molecule has 5 heteroatoms. The van der Waals surface area contributed by atoms with E-state index in [2.05, 4.69) is 24.5 Å². The molecule has 0 saturated carbocycles. The average Bonchev–Trinajstić information content (AvgIpc) is 2.50. The number of carbonyl (C=O) groups is 1. The largest absolute Gasteiger partial charge is 0.496 e. The van der Waals surface area contributed by atoms with Gasteiger partial charge in [-0.1, -0.05) is 32.0 Å². The maximum atomic E-state index is 12.1. The lowest BCUT2D eigenvalue weighted by molar-refractivity contribution is -0.121. The number of amides is 1. The molecule has 1 rings (SSSR count). The molecular weight excluding hydrogens is 280 g/mol. The average molecular weight is 308 g/mol. The van der Waals surface area contributed by atoms with Gasteiger partial charge in [0.25, 0.3) is 0 Å². The zero-order chi connectivity index (χ0) is 16.4. The molecule has 0 saturated heterocycles. The van der Waals surface area contributed by atoms with E-state index in [9.17, 15) is 4.79 Å². The van der Waals surface area contributed by atoms with Crippen LogP contribution < -0.4 is 15.4 Å². The summed E-state index contributed by atoms with van der Waals surface area (Å²) in [7, 11) is 3.29. The van der Waals surface area contributed by atoms with Gasteiger partial charge in [-0.15, -0.1) is 0 Å². The smallest absolute Gasteiger partial charge is 0.234 e. The van der Waals surface area contributed by atoms with E-state index in [1.165, 1.54) is 0 Å². The van der Waals surface area contributed by atoms with Crippen molar-refractivity contribution in [2.24, 2.45) is 5.92 Å². The molecule has 22 heavy (non-hydrogen) atoms. The first kappa shape index (κ1) is 18.5. The number of hydrogen-bond donors (Lipinski definition) is 2. The lowest BCUT2D eigenvalue weighted by Crippen LogP contribution is -2.37. The fraction of sp³-hybridized carbons (Fsp3) is 0.588. The molecule has 0 bridgehead atoms. The van der Waals surface area contributed by atoms with Gasteiger partial charge in [-0.25, -0.2) is 0 Å². The van der Waals surface area contributed by atoms with Crippen LogP contribution in [0, 0.1) is 5.92 Å². The summed E-state index contributed by atoms with van der Waals surface area (Å²) in [6.45, 7) is 5.83. The Morgan fingerprint density at radius 2 is 1.95 bits per heavy atom. The van der Waals surface area contributed by atoms with Crippen LogP contribution in [0.15, 0.2) is 24.3 Å². The van der Waals surface area contributed by atoms with Crippen molar-refractivity contribution in [2.45, 2.75) is 26.3 Å². The van der Waals surface area contributed by atoms with Gasteiger partial charge in [0.05, 0.1) is 26.3 Å². The molecule has 1 aromatic rings. The van der Waals surface area contributed by atoms with E-state index in [4.69, 9.17) is 9.47 Å². The van der Waals surface area contributed by atoms with E-state index in [-0.39, 0.29) is 18.5 Å². The Balaban J connectivity index is 2.70. The van der Waals surface area contributed by atoms with Crippen LogP contribution in [0.25, 0.3) is 0 Å². The monoisotopic (exact) mass is 308 g/mol. The highest BCUT2D eigenvalue weighted by Crippen LogP contribution is 2.29. The Kier molecular flexibility index (Phi) is 8.55. The molecule has 0 aliphatic heterocycles. The fourth-order valence-electron chi connectivity index (χ4n) is 2.31. The minimum atomic E-state index is -0.0483. The number of benzene rings is 1. The molecule has 1 amide bonds. The summed E-state index contributed by atoms with van der Waals surface area (Å²) in [5, 5.41) is 6.15. The van der Waals surface area contributed by atoms with Gasteiger partial charge in [0.1, 0.15) is 5.75 Å². The van der Waals surface area contributed by atoms with E-state index in [0.29, 0.717) is 19.1 Å². The molecule has 1 aromatic carbocycles. The molecule has 124 valence electrons. The summed E-state index contributed by atoms with van der Waals surface area (Å²) in [5.74, 6) is 1.25. The van der Waals surface area contributed by atoms with E-state index in [0.717, 1.165) is 17.7 Å². The third-order valence-corrected chi connectivity index (χ3v) is 3.33. The number of nitrogens with one attached hydrogen (secondary N) is 2. The highest BCUT2D eigenvalue weighted by atomic mass is 16.5. The van der Waals surface area contributed by atoms with Gasteiger partial charge in [-0.05, 0) is 18.4 Å². The highest BCUT2D eigenvalue weighted by Gasteiger charge is 2.19. The number of ether oxygens (including phenoxy) is 2. The molecular formula is C17H28N2O3. The molecule has 0 aliphatic rings. The van der Waals surface area contributed by atoms with Crippen LogP contribution in [0.3, 0.4) is 0 Å². The van der Waals surface area contributed by atoms with Gasteiger partial charge < -0.3 is 20.1 Å². The zero-order valence-electron chi connectivity index (χ0n) is 14.0. The number of methoxy groups -OCH3 is 2. The molecule has 0 radical (unpaired) electrons. The van der Waals surface area contributed by atoms with Crippen molar-refractivity contribution in [1.82, 2.24) is 10.6 Å². The first-order valence-corrected chi connectivity index (χ1v) is 7.70. The number of hydrogen-bond acceptors (Lipinski definition) is 4. The first-order valence-electron chi connectivity index (χ1n) is 7.70. The standard InChI is InChI=1S/C17H28N2O3/c1-13(2)11-15(14-7-5-6-8-16(14)22-4)19-17(20)12-18-9-10-21-3/h5-8,13,15,18H,9-12H2,1-4H3,(H,19,20). The second kappa shape index (κ2) is 10.2. The normalized spacial score (nSPS) is 12.2. The topological polar surface area (TPSA) is 59.6 Å². The van der Waals surface area contributed by atoms with Crippen molar-refractivity contribution in [2.75, 3.05) is 33.9 Å². The zero-order valence-corrected chi connectivity index (χ0v) is 14.0. The summed E-state index contributed by atoms with van der Waals surface area (Å²) in [6, 6.07) is 7.78. The Morgan fingerprint density at radius 1 is 1.23 bits per heavy atom. The molecule has 2 N–H and O–H groups in total. The van der Waals surface area contributed by atoms with Gasteiger partial charge in [0, 0.05) is 19.2 Å². The quantitative estimate of drug-likeness (QED) is 0.650. The summed E-state index contributed by atoms with van der Waals surface area (Å²) in [4.78, 5) is 12.1. The lowest BCUT2D eigenvalue weighted by Gasteiger charge is -2.23. The van der Waals surface area contributed by atoms with Gasteiger partial charge in [-0.3, -0.25) is 4.79 Å². The summed E-state index contributed by atoms with van der Waals surface area (Å²) >= 11 is 0. The fourth-order valence-corrected chi connectivity index (χ4v) is 2.31. The number of para-hydroxylation sites is 1. The Labute approximate surface area is 133 Å². The maximum Gasteiger partial charge on any atom is 0.234 e. The summed E-state index contributed by atoms with van der Waals surface area (Å²) < 4.78 is 10.4. The van der Waals surface area contributed by atoms with Crippen molar-refractivity contribution in [3.05, 3.63) is 29.8 Å². The van der Waals surface area contributed by atoms with Gasteiger partial charge in [0.2, 0.25) is 5.91 Å². The molecule has 0 fully saturated rings. The van der Waals surface area contributed by atoms with Gasteiger partial charge in [-0.2, -0.15) is 0 Å². The summed E-state index contributed by atoms with van der Waals surface area (Å²) in [6.07, 6.45) is 0.865. The Hall–Kier alpha value is -1.59. The molecule has 0 aliphatic carbocycles. The van der Waals surface area contributed by atoms with Gasteiger partial charge >= 0.3 is 0 Å². The maximum absolute atomic E-state index is 12.1. The predicted molar refractivity (Wildman–Crippen MR) is 88.1 cm³/mol. The Bertz CT molecular complexity index is 449. The third-order valence-electron chi connectivity index (χ3n) is 3.33. The van der Waals surface area contributed by atoms with Crippen molar-refractivity contribution in [1.29, 1.82) is 0 Å². The Morgan fingerprint density at radius 3 is 2.59 bits per heavy atom. The van der Waals surface area contributed by atoms with Gasteiger partial charge in [0.15, 0.2) is 0 Å². The van der Waals surface area contributed by atoms with Crippen LogP contribution >= 0.6 is 0 Å². The second-order valence-corrected chi connectivity index (χ2v) is 5.66. The van der Waals surface area contributed by atoms with Crippen LogP contribution in [-0.2, 0) is 9.53 Å². The van der Waals surface area contributed by atoms with Crippen LogP contribution in [-0.4, -0.2) is 39.8 Å². The molecule has 5 nitrogen and oxygen atoms in total. The van der Waals surface area contributed by atoms with E-state index < -0.39 is 0 Å². The molecule has 0 spiro atoms. The number of carbonyl (C=O) groups excluding carboxylic acids is 1. The summed E-state index contributed by atoms with van der Waals surface area (Å²) in [5.41, 5.74) is 1.02. The van der Waals surface area contributed by atoms with Crippen LogP contribution in [0.1, 0.15) is 31.9 Å². The van der Waals surface area contributed by atoms with E-state index in [1.54, 1.807) is 14.2 Å². The minimum absolute atomic E-state index is 0.0207. The SMILES string of the molecule is COCCNCC(=O)NC(CC(C)C)c1ccccc1OC. The highest BCUT2D eigenvalue weighted by molar-refractivity contribution is 5.78. The van der Waals surface area contributed by atoms with Crippen LogP contribution in [0.5, 0.6) is 5.75 Å². The minimum Gasteiger partial charge on any atom is -0.496 e.